The van der Waals surface area contributed by atoms with Gasteiger partial charge < -0.3 is 10.1 Å². The van der Waals surface area contributed by atoms with E-state index >= 15 is 0 Å². The molecular formula is C16H14F3NO2. The van der Waals surface area contributed by atoms with Crippen LogP contribution in [-0.2, 0) is 11.2 Å². The zero-order valence-electron chi connectivity index (χ0n) is 11.6. The van der Waals surface area contributed by atoms with Crippen molar-refractivity contribution in [3.05, 3.63) is 65.5 Å². The molecule has 0 spiro atoms. The molecule has 0 aliphatic rings. The molecule has 6 heteroatoms. The number of carbonyl (C=O) groups excluding carboxylic acids is 1. The third-order valence-corrected chi connectivity index (χ3v) is 2.93. The van der Waals surface area contributed by atoms with Crippen molar-refractivity contribution in [1.82, 2.24) is 5.32 Å². The SMILES string of the molecule is O=C(COc1ccc(F)cc1F)NCCc1ccccc1F. The van der Waals surface area contributed by atoms with Crippen LogP contribution in [0.25, 0.3) is 0 Å². The number of hydrogen-bond acceptors (Lipinski definition) is 2. The number of ether oxygens (including phenoxy) is 1. The lowest BCUT2D eigenvalue weighted by atomic mass is 10.1. The highest BCUT2D eigenvalue weighted by Gasteiger charge is 2.08. The minimum atomic E-state index is -0.876. The highest BCUT2D eigenvalue weighted by molar-refractivity contribution is 5.77. The van der Waals surface area contributed by atoms with E-state index in [1.807, 2.05) is 0 Å². The van der Waals surface area contributed by atoms with Crippen LogP contribution in [-0.4, -0.2) is 19.1 Å². The largest absolute Gasteiger partial charge is 0.481 e. The van der Waals surface area contributed by atoms with Gasteiger partial charge >= 0.3 is 0 Å². The fraction of sp³-hybridized carbons (Fsp3) is 0.188. The number of benzene rings is 2. The highest BCUT2D eigenvalue weighted by Crippen LogP contribution is 2.17. The van der Waals surface area contributed by atoms with Crippen molar-refractivity contribution in [2.24, 2.45) is 0 Å². The summed E-state index contributed by atoms with van der Waals surface area (Å²) in [5.41, 5.74) is 0.494. The molecule has 0 fully saturated rings. The lowest BCUT2D eigenvalue weighted by Crippen LogP contribution is -2.30. The molecule has 0 aliphatic heterocycles. The summed E-state index contributed by atoms with van der Waals surface area (Å²) in [4.78, 5) is 11.5. The lowest BCUT2D eigenvalue weighted by Gasteiger charge is -2.08. The summed E-state index contributed by atoms with van der Waals surface area (Å²) in [5.74, 6) is -2.61. The summed E-state index contributed by atoms with van der Waals surface area (Å²) < 4.78 is 44.3. The van der Waals surface area contributed by atoms with Crippen LogP contribution in [0.3, 0.4) is 0 Å². The second-order valence-electron chi connectivity index (χ2n) is 4.55. The van der Waals surface area contributed by atoms with Gasteiger partial charge in [0, 0.05) is 12.6 Å². The molecule has 3 nitrogen and oxygen atoms in total. The first-order chi connectivity index (χ1) is 10.6. The number of rotatable bonds is 6. The standard InChI is InChI=1S/C16H14F3NO2/c17-12-5-6-15(14(19)9-12)22-10-16(21)20-8-7-11-3-1-2-4-13(11)18/h1-6,9H,7-8,10H2,(H,20,21). The lowest BCUT2D eigenvalue weighted by molar-refractivity contribution is -0.123. The zero-order valence-corrected chi connectivity index (χ0v) is 11.6. The third-order valence-electron chi connectivity index (χ3n) is 2.93. The molecule has 22 heavy (non-hydrogen) atoms. The van der Waals surface area contributed by atoms with Gasteiger partial charge in [0.05, 0.1) is 0 Å². The van der Waals surface area contributed by atoms with E-state index in [1.54, 1.807) is 18.2 Å². The monoisotopic (exact) mass is 309 g/mol. The Kier molecular flexibility index (Phi) is 5.41. The predicted octanol–water partition coefficient (Wildman–Crippen LogP) is 2.84. The molecule has 116 valence electrons. The van der Waals surface area contributed by atoms with Crippen LogP contribution < -0.4 is 10.1 Å². The summed E-state index contributed by atoms with van der Waals surface area (Å²) in [5, 5.41) is 2.53. The maximum Gasteiger partial charge on any atom is 0.257 e. The van der Waals surface area contributed by atoms with E-state index in [4.69, 9.17) is 4.74 Å². The number of hydrogen-bond donors (Lipinski definition) is 1. The molecular weight excluding hydrogens is 295 g/mol. The van der Waals surface area contributed by atoms with Crippen LogP contribution in [0, 0.1) is 17.5 Å². The minimum absolute atomic E-state index is 0.203. The maximum atomic E-state index is 13.4. The molecule has 0 aromatic heterocycles. The molecule has 1 N–H and O–H groups in total. The fourth-order valence-corrected chi connectivity index (χ4v) is 1.82. The Labute approximate surface area is 125 Å². The second-order valence-corrected chi connectivity index (χ2v) is 4.55. The van der Waals surface area contributed by atoms with Crippen molar-refractivity contribution in [2.45, 2.75) is 6.42 Å². The highest BCUT2D eigenvalue weighted by atomic mass is 19.1. The van der Waals surface area contributed by atoms with Crippen molar-refractivity contribution in [3.8, 4) is 5.75 Å². The van der Waals surface area contributed by atoms with E-state index in [-0.39, 0.29) is 18.1 Å². The topological polar surface area (TPSA) is 38.3 Å². The third kappa shape index (κ3) is 4.51. The molecule has 0 aliphatic carbocycles. The van der Waals surface area contributed by atoms with E-state index in [2.05, 4.69) is 5.32 Å². The predicted molar refractivity (Wildman–Crippen MR) is 75.0 cm³/mol. The molecule has 0 heterocycles. The molecule has 2 aromatic carbocycles. The van der Waals surface area contributed by atoms with Crippen LogP contribution in [0.5, 0.6) is 5.75 Å². The van der Waals surface area contributed by atoms with E-state index in [9.17, 15) is 18.0 Å². The van der Waals surface area contributed by atoms with Crippen molar-refractivity contribution in [3.63, 3.8) is 0 Å². The normalized spacial score (nSPS) is 10.3. The quantitative estimate of drug-likeness (QED) is 0.891. The van der Waals surface area contributed by atoms with Gasteiger partial charge in [-0.25, -0.2) is 13.2 Å². The van der Waals surface area contributed by atoms with E-state index in [0.717, 1.165) is 12.1 Å². The first kappa shape index (κ1) is 15.9. The van der Waals surface area contributed by atoms with Gasteiger partial charge in [0.25, 0.3) is 5.91 Å². The van der Waals surface area contributed by atoms with E-state index in [1.165, 1.54) is 6.07 Å². The maximum absolute atomic E-state index is 13.4. The Morgan fingerprint density at radius 3 is 2.55 bits per heavy atom. The van der Waals surface area contributed by atoms with Gasteiger partial charge in [-0.3, -0.25) is 4.79 Å². The smallest absolute Gasteiger partial charge is 0.257 e. The van der Waals surface area contributed by atoms with Crippen LogP contribution in [0.15, 0.2) is 42.5 Å². The second kappa shape index (κ2) is 7.49. The van der Waals surface area contributed by atoms with Crippen LogP contribution >= 0.6 is 0 Å². The molecule has 0 saturated heterocycles. The molecule has 0 saturated carbocycles. The number of halogens is 3. The Bertz CT molecular complexity index is 662. The van der Waals surface area contributed by atoms with Crippen LogP contribution in [0.2, 0.25) is 0 Å². The van der Waals surface area contributed by atoms with Crippen LogP contribution in [0.4, 0.5) is 13.2 Å². The summed E-state index contributed by atoms with van der Waals surface area (Å²) in [6.07, 6.45) is 0.337. The Morgan fingerprint density at radius 1 is 1.05 bits per heavy atom. The molecule has 2 rings (SSSR count). The molecule has 0 unspecified atom stereocenters. The van der Waals surface area contributed by atoms with Gasteiger partial charge in [-0.05, 0) is 30.2 Å². The summed E-state index contributed by atoms with van der Waals surface area (Å²) in [6.45, 7) is -0.172. The van der Waals surface area contributed by atoms with Gasteiger partial charge in [-0.15, -0.1) is 0 Å². The minimum Gasteiger partial charge on any atom is -0.481 e. The fourth-order valence-electron chi connectivity index (χ4n) is 1.82. The van der Waals surface area contributed by atoms with Gasteiger partial charge in [0.15, 0.2) is 18.2 Å². The average Bonchev–Trinajstić information content (AvgIpc) is 2.48. The van der Waals surface area contributed by atoms with E-state index < -0.39 is 24.1 Å². The number of amides is 1. The number of nitrogens with one attached hydrogen (secondary N) is 1. The molecule has 0 bridgehead atoms. The van der Waals surface area contributed by atoms with Crippen molar-refractivity contribution < 1.29 is 22.7 Å². The van der Waals surface area contributed by atoms with Crippen molar-refractivity contribution in [1.29, 1.82) is 0 Å². The summed E-state index contributed by atoms with van der Waals surface area (Å²) >= 11 is 0. The van der Waals surface area contributed by atoms with Gasteiger partial charge in [-0.2, -0.15) is 0 Å². The van der Waals surface area contributed by atoms with E-state index in [0.29, 0.717) is 18.1 Å². The van der Waals surface area contributed by atoms with Crippen molar-refractivity contribution >= 4 is 5.91 Å². The Balaban J connectivity index is 1.75. The first-order valence-electron chi connectivity index (χ1n) is 6.64. The number of carbonyl (C=O) groups is 1. The van der Waals surface area contributed by atoms with Gasteiger partial charge in [0.1, 0.15) is 11.6 Å². The summed E-state index contributed by atoms with van der Waals surface area (Å²) in [6, 6.07) is 9.09. The zero-order chi connectivity index (χ0) is 15.9. The average molecular weight is 309 g/mol. The Morgan fingerprint density at radius 2 is 1.82 bits per heavy atom. The first-order valence-corrected chi connectivity index (χ1v) is 6.64. The van der Waals surface area contributed by atoms with Crippen LogP contribution in [0.1, 0.15) is 5.56 Å². The van der Waals surface area contributed by atoms with Gasteiger partial charge in [-0.1, -0.05) is 18.2 Å². The summed E-state index contributed by atoms with van der Waals surface area (Å²) in [7, 11) is 0. The molecule has 0 radical (unpaired) electrons. The molecule has 0 atom stereocenters. The molecule has 1 amide bonds. The van der Waals surface area contributed by atoms with Gasteiger partial charge in [0.2, 0.25) is 0 Å². The Hall–Kier alpha value is -2.50. The molecule has 2 aromatic rings. The van der Waals surface area contributed by atoms with Crippen molar-refractivity contribution in [2.75, 3.05) is 13.2 Å².